The number of fused-ring (bicyclic) bond motifs is 5. The molecule has 1 aliphatic rings. The molecule has 9 nitrogen and oxygen atoms in total. The Bertz CT molecular complexity index is 1620. The Morgan fingerprint density at radius 1 is 1.00 bits per heavy atom. The van der Waals surface area contributed by atoms with Gasteiger partial charge >= 0.3 is 5.63 Å². The molecule has 1 saturated heterocycles. The van der Waals surface area contributed by atoms with E-state index in [2.05, 4.69) is 6.58 Å². The Labute approximate surface area is 211 Å². The molecule has 0 bridgehead atoms. The normalized spacial score (nSPS) is 26.0. The molecule has 0 saturated carbocycles. The molecule has 9 heteroatoms. The number of methoxy groups -OCH3 is 2. The van der Waals surface area contributed by atoms with Crippen LogP contribution in [0.1, 0.15) is 31.1 Å². The number of hydrogen-bond acceptors (Lipinski definition) is 9. The number of rotatable bonds is 4. The van der Waals surface area contributed by atoms with Gasteiger partial charge in [0.2, 0.25) is 0 Å². The predicted molar refractivity (Wildman–Crippen MR) is 138 cm³/mol. The second-order valence-corrected chi connectivity index (χ2v) is 9.50. The minimum atomic E-state index is -1.90. The lowest BCUT2D eigenvalue weighted by Gasteiger charge is -2.46. The molecular formula is C28H28O9. The zero-order valence-corrected chi connectivity index (χ0v) is 20.8. The Kier molecular flexibility index (Phi) is 5.91. The van der Waals surface area contributed by atoms with Crippen molar-refractivity contribution in [3.05, 3.63) is 58.5 Å². The summed E-state index contributed by atoms with van der Waals surface area (Å²) in [7, 11) is 2.93. The van der Waals surface area contributed by atoms with Crippen LogP contribution < -0.4 is 15.1 Å². The van der Waals surface area contributed by atoms with Gasteiger partial charge in [0.05, 0.1) is 31.1 Å². The number of ether oxygens (including phenoxy) is 3. The first-order chi connectivity index (χ1) is 17.5. The van der Waals surface area contributed by atoms with Crippen molar-refractivity contribution in [2.24, 2.45) is 0 Å². The fourth-order valence-corrected chi connectivity index (χ4v) is 5.28. The van der Waals surface area contributed by atoms with E-state index in [9.17, 15) is 25.2 Å². The second kappa shape index (κ2) is 8.74. The van der Waals surface area contributed by atoms with Gasteiger partial charge in [0.15, 0.2) is 0 Å². The summed E-state index contributed by atoms with van der Waals surface area (Å²) in [6.45, 7) is 6.67. The van der Waals surface area contributed by atoms with Crippen molar-refractivity contribution in [3.63, 3.8) is 0 Å². The van der Waals surface area contributed by atoms with E-state index in [-0.39, 0.29) is 33.2 Å². The number of phenolic OH excluding ortho intramolecular Hbond substituents is 1. The molecule has 1 aromatic heterocycles. The molecule has 2 heterocycles. The van der Waals surface area contributed by atoms with Gasteiger partial charge in [-0.2, -0.15) is 0 Å². The van der Waals surface area contributed by atoms with E-state index in [1.54, 1.807) is 31.2 Å². The Balaban J connectivity index is 1.97. The monoisotopic (exact) mass is 508 g/mol. The average molecular weight is 509 g/mol. The number of phenols is 1. The van der Waals surface area contributed by atoms with E-state index < -0.39 is 35.6 Å². The molecule has 1 unspecified atom stereocenters. The van der Waals surface area contributed by atoms with E-state index in [0.717, 1.165) is 0 Å². The summed E-state index contributed by atoms with van der Waals surface area (Å²) in [5, 5.41) is 44.9. The Morgan fingerprint density at radius 2 is 1.68 bits per heavy atom. The van der Waals surface area contributed by atoms with E-state index in [1.807, 2.05) is 0 Å². The molecule has 1 aliphatic heterocycles. The molecule has 4 N–H and O–H groups in total. The summed E-state index contributed by atoms with van der Waals surface area (Å²) in [5.41, 5.74) is -1.45. The summed E-state index contributed by atoms with van der Waals surface area (Å²) in [6.07, 6.45) is -3.29. The number of aliphatic hydroxyl groups is 3. The van der Waals surface area contributed by atoms with Crippen LogP contribution in [0.5, 0.6) is 17.2 Å². The smallest absolute Gasteiger partial charge is 0.344 e. The molecule has 4 aromatic rings. The van der Waals surface area contributed by atoms with Gasteiger partial charge in [0.1, 0.15) is 46.7 Å². The minimum absolute atomic E-state index is 0.109. The summed E-state index contributed by atoms with van der Waals surface area (Å²) in [4.78, 5) is 13.3. The number of benzene rings is 3. The highest BCUT2D eigenvalue weighted by molar-refractivity contribution is 6.19. The zero-order chi connectivity index (χ0) is 26.8. The molecule has 3 aromatic carbocycles. The topological polar surface area (TPSA) is 139 Å². The number of aliphatic hydroxyl groups excluding tert-OH is 2. The van der Waals surface area contributed by atoms with Crippen molar-refractivity contribution in [2.75, 3.05) is 14.2 Å². The molecule has 0 radical (unpaired) electrons. The largest absolute Gasteiger partial charge is 0.507 e. The van der Waals surface area contributed by atoms with E-state index in [1.165, 1.54) is 33.3 Å². The van der Waals surface area contributed by atoms with Gasteiger partial charge < -0.3 is 39.1 Å². The van der Waals surface area contributed by atoms with Crippen LogP contribution >= 0.6 is 0 Å². The van der Waals surface area contributed by atoms with Gasteiger partial charge in [-0.1, -0.05) is 18.7 Å². The zero-order valence-electron chi connectivity index (χ0n) is 20.8. The fraction of sp³-hybridized carbons (Fsp3) is 0.321. The molecule has 0 amide bonds. The highest BCUT2D eigenvalue weighted by atomic mass is 16.5. The lowest BCUT2D eigenvalue weighted by atomic mass is 9.80. The summed E-state index contributed by atoms with van der Waals surface area (Å²) >= 11 is 0. The van der Waals surface area contributed by atoms with Gasteiger partial charge in [-0.15, -0.1) is 0 Å². The van der Waals surface area contributed by atoms with E-state index in [4.69, 9.17) is 18.6 Å². The van der Waals surface area contributed by atoms with Crippen LogP contribution in [0.15, 0.2) is 46.1 Å². The number of hydrogen-bond donors (Lipinski definition) is 4. The molecule has 37 heavy (non-hydrogen) atoms. The maximum absolute atomic E-state index is 13.3. The van der Waals surface area contributed by atoms with Crippen molar-refractivity contribution in [1.29, 1.82) is 0 Å². The molecule has 1 fully saturated rings. The third-order valence-electron chi connectivity index (χ3n) is 7.29. The first-order valence-corrected chi connectivity index (χ1v) is 11.7. The van der Waals surface area contributed by atoms with Crippen LogP contribution in [0, 0.1) is 0 Å². The summed E-state index contributed by atoms with van der Waals surface area (Å²) < 4.78 is 23.1. The van der Waals surface area contributed by atoms with Crippen LogP contribution in [0.3, 0.4) is 0 Å². The predicted octanol–water partition coefficient (Wildman–Crippen LogP) is 3.40. The summed E-state index contributed by atoms with van der Waals surface area (Å²) in [6, 6.07) is 7.95. The Hall–Kier alpha value is -3.63. The number of aromatic hydroxyl groups is 1. The second-order valence-electron chi connectivity index (χ2n) is 9.50. The minimum Gasteiger partial charge on any atom is -0.507 e. The Morgan fingerprint density at radius 3 is 2.32 bits per heavy atom. The van der Waals surface area contributed by atoms with Crippen molar-refractivity contribution < 1.29 is 39.1 Å². The van der Waals surface area contributed by atoms with Crippen LogP contribution in [-0.2, 0) is 4.74 Å². The van der Waals surface area contributed by atoms with Gasteiger partial charge in [-0.05, 0) is 49.2 Å². The molecule has 0 aliphatic carbocycles. The van der Waals surface area contributed by atoms with Crippen molar-refractivity contribution >= 4 is 38.6 Å². The van der Waals surface area contributed by atoms with Crippen molar-refractivity contribution in [1.82, 2.24) is 0 Å². The fourth-order valence-electron chi connectivity index (χ4n) is 5.28. The maximum Gasteiger partial charge on any atom is 0.344 e. The van der Waals surface area contributed by atoms with Crippen LogP contribution in [0.4, 0.5) is 0 Å². The van der Waals surface area contributed by atoms with Gasteiger partial charge in [0, 0.05) is 16.2 Å². The third-order valence-corrected chi connectivity index (χ3v) is 7.29. The van der Waals surface area contributed by atoms with Crippen molar-refractivity contribution in [3.8, 4) is 17.2 Å². The maximum atomic E-state index is 13.3. The average Bonchev–Trinajstić information content (AvgIpc) is 2.89. The van der Waals surface area contributed by atoms with E-state index in [0.29, 0.717) is 27.6 Å². The standard InChI is InChI=1S/C28H28O9/c1-6-13-9-16-20(18(10-13)34-4)15-11-19(35-5)22-17(29)8-7-14(21(22)23(15)37-27(16)32)24-26(31)28(3,33)25(30)12(2)36-24/h6-12,24-26,29-31,33H,1H2,2-5H3/t12-,24?,25+,26+,28-/m1/s1. The molecular weight excluding hydrogens is 480 g/mol. The lowest BCUT2D eigenvalue weighted by molar-refractivity contribution is -0.261. The van der Waals surface area contributed by atoms with Crippen LogP contribution in [-0.4, -0.2) is 58.6 Å². The van der Waals surface area contributed by atoms with Gasteiger partial charge in [0.25, 0.3) is 0 Å². The van der Waals surface area contributed by atoms with Crippen molar-refractivity contribution in [2.45, 2.75) is 43.9 Å². The summed E-state index contributed by atoms with van der Waals surface area (Å²) in [5.74, 6) is 0.526. The van der Waals surface area contributed by atoms with Gasteiger partial charge in [-0.25, -0.2) is 4.79 Å². The quantitative estimate of drug-likeness (QED) is 0.241. The van der Waals surface area contributed by atoms with Gasteiger partial charge in [-0.3, -0.25) is 0 Å². The van der Waals surface area contributed by atoms with Crippen LogP contribution in [0.25, 0.3) is 38.6 Å². The highest BCUT2D eigenvalue weighted by Gasteiger charge is 2.51. The molecule has 5 atom stereocenters. The highest BCUT2D eigenvalue weighted by Crippen LogP contribution is 2.48. The third kappa shape index (κ3) is 3.58. The van der Waals surface area contributed by atoms with E-state index >= 15 is 0 Å². The lowest BCUT2D eigenvalue weighted by Crippen LogP contribution is -2.61. The van der Waals surface area contributed by atoms with Crippen LogP contribution in [0.2, 0.25) is 0 Å². The molecule has 5 rings (SSSR count). The SMILES string of the molecule is C=Cc1cc(OC)c2c(c1)c(=O)oc1c2cc(OC)c2c(O)ccc(C3O[C@H](C)[C@H](O)[C@@](C)(O)[C@H]3O)c21. The molecule has 0 spiro atoms. The first kappa shape index (κ1) is 25.0. The molecule has 194 valence electrons. The first-order valence-electron chi connectivity index (χ1n) is 11.7.